The van der Waals surface area contributed by atoms with E-state index in [-0.39, 0.29) is 11.9 Å². The number of nitrogens with one attached hydrogen (secondary N) is 1. The smallest absolute Gasteiger partial charge is 0.254 e. The molecule has 0 radical (unpaired) electrons. The van der Waals surface area contributed by atoms with Crippen molar-refractivity contribution in [3.8, 4) is 16.9 Å². The Balaban J connectivity index is 1.85. The first-order valence-corrected chi connectivity index (χ1v) is 9.37. The first-order chi connectivity index (χ1) is 13.1. The van der Waals surface area contributed by atoms with Gasteiger partial charge in [0.1, 0.15) is 18.2 Å². The number of ether oxygens (including phenoxy) is 1. The summed E-state index contributed by atoms with van der Waals surface area (Å²) in [6.07, 6.45) is 0.774. The molecule has 0 aromatic heterocycles. The molecule has 1 aliphatic heterocycles. The van der Waals surface area contributed by atoms with E-state index in [1.54, 1.807) is 11.0 Å². The highest BCUT2D eigenvalue weighted by Crippen LogP contribution is 2.31. The lowest BCUT2D eigenvalue weighted by atomic mass is 10.0. The number of likely N-dealkylation sites (N-methyl/N-ethyl adjacent to an activating group) is 1. The van der Waals surface area contributed by atoms with Crippen LogP contribution in [0.1, 0.15) is 23.7 Å². The van der Waals surface area contributed by atoms with Gasteiger partial charge in [0.15, 0.2) is 0 Å². The van der Waals surface area contributed by atoms with Gasteiger partial charge in [-0.25, -0.2) is 4.39 Å². The molecule has 1 fully saturated rings. The Kier molecular flexibility index (Phi) is 6.42. The van der Waals surface area contributed by atoms with E-state index in [9.17, 15) is 9.18 Å². The van der Waals surface area contributed by atoms with Gasteiger partial charge in [-0.05, 0) is 42.8 Å². The molecule has 5 nitrogen and oxygen atoms in total. The second-order valence-corrected chi connectivity index (χ2v) is 6.73. The molecule has 27 heavy (non-hydrogen) atoms. The van der Waals surface area contributed by atoms with Crippen molar-refractivity contribution >= 4 is 5.91 Å². The van der Waals surface area contributed by atoms with Crippen LogP contribution in [0.2, 0.25) is 0 Å². The predicted molar refractivity (Wildman–Crippen MR) is 104 cm³/mol. The summed E-state index contributed by atoms with van der Waals surface area (Å²) in [5.41, 5.74) is 7.62. The summed E-state index contributed by atoms with van der Waals surface area (Å²) < 4.78 is 20.1. The van der Waals surface area contributed by atoms with Crippen molar-refractivity contribution in [2.24, 2.45) is 5.73 Å². The Morgan fingerprint density at radius 2 is 2.15 bits per heavy atom. The first kappa shape index (κ1) is 19.3. The number of nitrogens with two attached hydrogens (primary N) is 1. The first-order valence-electron chi connectivity index (χ1n) is 9.37. The fourth-order valence-electron chi connectivity index (χ4n) is 3.26. The third-order valence-corrected chi connectivity index (χ3v) is 4.64. The Morgan fingerprint density at radius 1 is 1.33 bits per heavy atom. The van der Waals surface area contributed by atoms with Gasteiger partial charge >= 0.3 is 0 Å². The van der Waals surface area contributed by atoms with E-state index in [2.05, 4.69) is 5.32 Å². The van der Waals surface area contributed by atoms with Crippen molar-refractivity contribution in [2.45, 2.75) is 19.4 Å². The minimum Gasteiger partial charge on any atom is -0.492 e. The SMILES string of the molecule is CCNCCOc1ccccc1-c1cc(F)cc(C(=O)N2CC[C@@H](N)C2)c1. The second-order valence-electron chi connectivity index (χ2n) is 6.73. The van der Waals surface area contributed by atoms with Crippen molar-refractivity contribution < 1.29 is 13.9 Å². The predicted octanol–water partition coefficient (Wildman–Crippen LogP) is 2.65. The lowest BCUT2D eigenvalue weighted by Crippen LogP contribution is -2.31. The normalized spacial score (nSPS) is 16.6. The Labute approximate surface area is 159 Å². The van der Waals surface area contributed by atoms with E-state index in [1.165, 1.54) is 12.1 Å². The Bertz CT molecular complexity index is 797. The zero-order valence-corrected chi connectivity index (χ0v) is 15.6. The zero-order chi connectivity index (χ0) is 19.2. The van der Waals surface area contributed by atoms with E-state index >= 15 is 0 Å². The zero-order valence-electron chi connectivity index (χ0n) is 15.6. The number of amides is 1. The summed E-state index contributed by atoms with van der Waals surface area (Å²) in [6.45, 7) is 5.27. The number of hydrogen-bond acceptors (Lipinski definition) is 4. The molecule has 3 N–H and O–H groups in total. The molecule has 0 bridgehead atoms. The summed E-state index contributed by atoms with van der Waals surface area (Å²) in [4.78, 5) is 14.4. The number of para-hydroxylation sites is 1. The lowest BCUT2D eigenvalue weighted by Gasteiger charge is -2.17. The Morgan fingerprint density at radius 3 is 2.89 bits per heavy atom. The van der Waals surface area contributed by atoms with E-state index in [0.717, 1.165) is 25.1 Å². The molecule has 0 unspecified atom stereocenters. The van der Waals surface area contributed by atoms with E-state index in [1.807, 2.05) is 31.2 Å². The third kappa shape index (κ3) is 4.84. The maximum Gasteiger partial charge on any atom is 0.254 e. The number of nitrogens with zero attached hydrogens (tertiary/aromatic N) is 1. The van der Waals surface area contributed by atoms with Gasteiger partial charge in [-0.15, -0.1) is 0 Å². The molecule has 2 aromatic carbocycles. The van der Waals surface area contributed by atoms with Gasteiger partial charge in [0.25, 0.3) is 5.91 Å². The minimum absolute atomic E-state index is 0.00663. The van der Waals surface area contributed by atoms with Crippen LogP contribution in [-0.4, -0.2) is 49.6 Å². The molecule has 1 heterocycles. The molecular formula is C21H26FN3O2. The molecule has 1 aliphatic rings. The highest BCUT2D eigenvalue weighted by atomic mass is 19.1. The maximum atomic E-state index is 14.3. The van der Waals surface area contributed by atoms with Crippen LogP contribution in [-0.2, 0) is 0 Å². The molecule has 1 atom stereocenters. The third-order valence-electron chi connectivity index (χ3n) is 4.64. The van der Waals surface area contributed by atoms with Crippen LogP contribution >= 0.6 is 0 Å². The van der Waals surface area contributed by atoms with Crippen LogP contribution in [0.15, 0.2) is 42.5 Å². The Hall–Kier alpha value is -2.44. The van der Waals surface area contributed by atoms with Crippen LogP contribution in [0.25, 0.3) is 11.1 Å². The van der Waals surface area contributed by atoms with Crippen LogP contribution in [0.3, 0.4) is 0 Å². The molecule has 1 saturated heterocycles. The average Bonchev–Trinajstić information content (AvgIpc) is 3.11. The highest BCUT2D eigenvalue weighted by molar-refractivity contribution is 5.96. The minimum atomic E-state index is -0.443. The van der Waals surface area contributed by atoms with Gasteiger partial charge in [0.05, 0.1) is 0 Å². The van der Waals surface area contributed by atoms with E-state index in [4.69, 9.17) is 10.5 Å². The number of likely N-dealkylation sites (tertiary alicyclic amines) is 1. The van der Waals surface area contributed by atoms with Crippen LogP contribution < -0.4 is 15.8 Å². The van der Waals surface area contributed by atoms with Gasteiger partial charge in [-0.3, -0.25) is 4.79 Å². The number of hydrogen-bond donors (Lipinski definition) is 2. The van der Waals surface area contributed by atoms with Gasteiger partial charge in [-0.1, -0.05) is 25.1 Å². The molecule has 1 amide bonds. The summed E-state index contributed by atoms with van der Waals surface area (Å²) in [5, 5.41) is 3.20. The van der Waals surface area contributed by atoms with E-state index < -0.39 is 5.82 Å². The number of carbonyl (C=O) groups is 1. The topological polar surface area (TPSA) is 67.6 Å². The fraction of sp³-hybridized carbons (Fsp3) is 0.381. The lowest BCUT2D eigenvalue weighted by molar-refractivity contribution is 0.0790. The molecule has 0 saturated carbocycles. The van der Waals surface area contributed by atoms with Crippen LogP contribution in [0, 0.1) is 5.82 Å². The number of halogens is 1. The van der Waals surface area contributed by atoms with Crippen molar-refractivity contribution in [2.75, 3.05) is 32.8 Å². The van der Waals surface area contributed by atoms with E-state index in [0.29, 0.717) is 36.6 Å². The molecule has 0 aliphatic carbocycles. The fourth-order valence-corrected chi connectivity index (χ4v) is 3.26. The van der Waals surface area contributed by atoms with Gasteiger partial charge in [-0.2, -0.15) is 0 Å². The average molecular weight is 371 g/mol. The number of benzene rings is 2. The number of carbonyl (C=O) groups excluding carboxylic acids is 1. The molecule has 2 aromatic rings. The van der Waals surface area contributed by atoms with Crippen molar-refractivity contribution in [1.82, 2.24) is 10.2 Å². The molecule has 6 heteroatoms. The van der Waals surface area contributed by atoms with Gasteiger partial charge < -0.3 is 20.7 Å². The molecule has 3 rings (SSSR count). The standard InChI is InChI=1S/C21H26FN3O2/c1-2-24-8-10-27-20-6-4-3-5-19(20)15-11-16(13-17(22)12-15)21(26)25-9-7-18(23)14-25/h3-6,11-13,18,24H,2,7-10,14,23H2,1H3/t18-/m1/s1. The highest BCUT2D eigenvalue weighted by Gasteiger charge is 2.25. The van der Waals surface area contributed by atoms with Crippen LogP contribution in [0.4, 0.5) is 4.39 Å². The maximum absolute atomic E-state index is 14.3. The summed E-state index contributed by atoms with van der Waals surface area (Å²) in [7, 11) is 0. The van der Waals surface area contributed by atoms with Crippen molar-refractivity contribution in [3.63, 3.8) is 0 Å². The monoisotopic (exact) mass is 371 g/mol. The van der Waals surface area contributed by atoms with Gasteiger partial charge in [0, 0.05) is 36.8 Å². The molecular weight excluding hydrogens is 345 g/mol. The van der Waals surface area contributed by atoms with Crippen molar-refractivity contribution in [1.29, 1.82) is 0 Å². The van der Waals surface area contributed by atoms with Crippen LogP contribution in [0.5, 0.6) is 5.75 Å². The molecule has 0 spiro atoms. The summed E-state index contributed by atoms with van der Waals surface area (Å²) in [6, 6.07) is 11.9. The second kappa shape index (κ2) is 8.97. The largest absolute Gasteiger partial charge is 0.492 e. The number of rotatable bonds is 7. The summed E-state index contributed by atoms with van der Waals surface area (Å²) in [5.74, 6) is 0.0404. The quantitative estimate of drug-likeness (QED) is 0.735. The molecule has 144 valence electrons. The van der Waals surface area contributed by atoms with Gasteiger partial charge in [0.2, 0.25) is 0 Å². The summed E-state index contributed by atoms with van der Waals surface area (Å²) >= 11 is 0. The van der Waals surface area contributed by atoms with Crippen molar-refractivity contribution in [3.05, 3.63) is 53.8 Å².